The molecule has 0 saturated heterocycles. The number of benzene rings is 1. The Morgan fingerprint density at radius 2 is 1.94 bits per heavy atom. The van der Waals surface area contributed by atoms with Gasteiger partial charge in [-0.2, -0.15) is 13.2 Å². The summed E-state index contributed by atoms with van der Waals surface area (Å²) in [5, 5.41) is 0. The van der Waals surface area contributed by atoms with E-state index in [4.69, 9.17) is 5.73 Å². The van der Waals surface area contributed by atoms with Gasteiger partial charge in [0, 0.05) is 6.04 Å². The topological polar surface area (TPSA) is 26.0 Å². The van der Waals surface area contributed by atoms with E-state index >= 15 is 0 Å². The van der Waals surface area contributed by atoms with E-state index in [0.717, 1.165) is 12.1 Å². The number of hydrogen-bond acceptors (Lipinski definition) is 1. The Morgan fingerprint density at radius 3 is 2.39 bits per heavy atom. The largest absolute Gasteiger partial charge is 0.416 e. The molecule has 0 heterocycles. The third-order valence-electron chi connectivity index (χ3n) is 2.29. The summed E-state index contributed by atoms with van der Waals surface area (Å²) in [7, 11) is 0. The van der Waals surface area contributed by atoms with E-state index in [1.54, 1.807) is 6.92 Å². The minimum absolute atomic E-state index is 0. The van der Waals surface area contributed by atoms with Crippen LogP contribution in [0.3, 0.4) is 0 Å². The molecule has 1 aromatic rings. The van der Waals surface area contributed by atoms with Gasteiger partial charge in [-0.3, -0.25) is 0 Å². The Morgan fingerprint density at radius 1 is 1.39 bits per heavy atom. The van der Waals surface area contributed by atoms with Crippen LogP contribution in [0.15, 0.2) is 30.4 Å². The predicted molar refractivity (Wildman–Crippen MR) is 65.0 cm³/mol. The van der Waals surface area contributed by atoms with Crippen LogP contribution in [0.1, 0.15) is 30.5 Å². The summed E-state index contributed by atoms with van der Waals surface area (Å²) in [5.41, 5.74) is 5.20. The first-order valence-electron chi connectivity index (χ1n) is 4.98. The number of hydrogen-bond donors (Lipinski definition) is 1. The molecule has 0 fully saturated rings. The molecule has 0 aromatic heterocycles. The zero-order chi connectivity index (χ0) is 13.2. The Kier molecular flexibility index (Phi) is 5.83. The van der Waals surface area contributed by atoms with Gasteiger partial charge < -0.3 is 5.73 Å². The van der Waals surface area contributed by atoms with Crippen LogP contribution >= 0.6 is 12.4 Å². The van der Waals surface area contributed by atoms with Crippen LogP contribution < -0.4 is 5.73 Å². The molecule has 2 N–H and O–H groups in total. The van der Waals surface area contributed by atoms with Crippen LogP contribution in [0.2, 0.25) is 0 Å². The van der Waals surface area contributed by atoms with Gasteiger partial charge in [0.25, 0.3) is 0 Å². The molecule has 18 heavy (non-hydrogen) atoms. The highest BCUT2D eigenvalue weighted by molar-refractivity contribution is 5.85. The van der Waals surface area contributed by atoms with E-state index in [9.17, 15) is 17.6 Å². The van der Waals surface area contributed by atoms with Crippen molar-refractivity contribution < 1.29 is 17.6 Å². The summed E-state index contributed by atoms with van der Waals surface area (Å²) < 4.78 is 50.9. The minimum Gasteiger partial charge on any atom is -0.324 e. The van der Waals surface area contributed by atoms with Crippen molar-refractivity contribution in [2.24, 2.45) is 5.73 Å². The molecule has 0 aliphatic carbocycles. The van der Waals surface area contributed by atoms with Crippen LogP contribution in [0.25, 0.3) is 0 Å². The smallest absolute Gasteiger partial charge is 0.324 e. The van der Waals surface area contributed by atoms with Gasteiger partial charge in [-0.15, -0.1) is 19.0 Å². The summed E-state index contributed by atoms with van der Waals surface area (Å²) in [5.74, 6) is -0.927. The number of alkyl halides is 3. The van der Waals surface area contributed by atoms with Crippen molar-refractivity contribution in [1.82, 2.24) is 0 Å². The molecule has 0 saturated carbocycles. The van der Waals surface area contributed by atoms with E-state index in [2.05, 4.69) is 6.58 Å². The Balaban J connectivity index is 0.00000289. The van der Waals surface area contributed by atoms with Crippen LogP contribution in [0.4, 0.5) is 17.6 Å². The van der Waals surface area contributed by atoms with Gasteiger partial charge in [-0.1, -0.05) is 11.6 Å². The maximum Gasteiger partial charge on any atom is 0.416 e. The van der Waals surface area contributed by atoms with Crippen LogP contribution in [-0.2, 0) is 6.18 Å². The Hall–Kier alpha value is -1.07. The van der Waals surface area contributed by atoms with Gasteiger partial charge in [0.1, 0.15) is 5.82 Å². The molecule has 1 aromatic carbocycles. The number of halogens is 5. The van der Waals surface area contributed by atoms with E-state index in [-0.39, 0.29) is 24.4 Å². The minimum atomic E-state index is -4.61. The highest BCUT2D eigenvalue weighted by Gasteiger charge is 2.35. The first-order valence-corrected chi connectivity index (χ1v) is 4.98. The van der Waals surface area contributed by atoms with Crippen molar-refractivity contribution in [1.29, 1.82) is 0 Å². The molecule has 102 valence electrons. The molecule has 1 rings (SSSR count). The zero-order valence-corrected chi connectivity index (χ0v) is 10.5. The monoisotopic (exact) mass is 283 g/mol. The first-order chi connectivity index (χ1) is 7.71. The maximum absolute atomic E-state index is 12.8. The molecule has 0 aliphatic heterocycles. The summed E-state index contributed by atoms with van der Waals surface area (Å²) in [6.45, 7) is 5.27. The SMILES string of the molecule is C=C(C)C[C@@H](N)c1ccc(F)cc1C(F)(F)F.Cl. The predicted octanol–water partition coefficient (Wildman–Crippen LogP) is 4.23. The zero-order valence-electron chi connectivity index (χ0n) is 9.72. The Labute approximate surface area is 109 Å². The van der Waals surface area contributed by atoms with Gasteiger partial charge in [-0.05, 0) is 31.0 Å². The molecule has 0 bridgehead atoms. The fourth-order valence-corrected chi connectivity index (χ4v) is 1.58. The van der Waals surface area contributed by atoms with Crippen molar-refractivity contribution in [2.45, 2.75) is 25.6 Å². The van der Waals surface area contributed by atoms with Crippen molar-refractivity contribution in [3.63, 3.8) is 0 Å². The standard InChI is InChI=1S/C12H13F4N.ClH/c1-7(2)5-11(17)9-4-3-8(13)6-10(9)12(14,15)16;/h3-4,6,11H,1,5,17H2,2H3;1H/t11-;/m1./s1. The number of rotatable bonds is 3. The fraction of sp³-hybridized carbons (Fsp3) is 0.333. The van der Waals surface area contributed by atoms with Crippen molar-refractivity contribution in [3.05, 3.63) is 47.3 Å². The molecule has 0 radical (unpaired) electrons. The van der Waals surface area contributed by atoms with Gasteiger partial charge in [0.05, 0.1) is 5.56 Å². The summed E-state index contributed by atoms with van der Waals surface area (Å²) >= 11 is 0. The van der Waals surface area contributed by atoms with E-state index in [1.165, 1.54) is 0 Å². The van der Waals surface area contributed by atoms with Crippen LogP contribution in [-0.4, -0.2) is 0 Å². The second-order valence-corrected chi connectivity index (χ2v) is 4.00. The third kappa shape index (κ3) is 4.31. The lowest BCUT2D eigenvalue weighted by Gasteiger charge is -2.18. The lowest BCUT2D eigenvalue weighted by molar-refractivity contribution is -0.138. The van der Waals surface area contributed by atoms with E-state index < -0.39 is 23.6 Å². The highest BCUT2D eigenvalue weighted by atomic mass is 35.5. The molecule has 0 aliphatic rings. The number of nitrogens with two attached hydrogens (primary N) is 1. The lowest BCUT2D eigenvalue weighted by Crippen LogP contribution is -2.18. The van der Waals surface area contributed by atoms with Crippen LogP contribution in [0, 0.1) is 5.82 Å². The molecule has 0 spiro atoms. The fourth-order valence-electron chi connectivity index (χ4n) is 1.58. The highest BCUT2D eigenvalue weighted by Crippen LogP contribution is 2.35. The lowest BCUT2D eigenvalue weighted by atomic mass is 9.96. The molecule has 1 nitrogen and oxygen atoms in total. The molecule has 0 amide bonds. The second-order valence-electron chi connectivity index (χ2n) is 4.00. The first kappa shape index (κ1) is 16.9. The van der Waals surface area contributed by atoms with Crippen molar-refractivity contribution in [3.8, 4) is 0 Å². The summed E-state index contributed by atoms with van der Waals surface area (Å²) in [4.78, 5) is 0. The molecular weight excluding hydrogens is 270 g/mol. The maximum atomic E-state index is 12.8. The molecule has 1 atom stereocenters. The average molecular weight is 284 g/mol. The normalized spacial score (nSPS) is 12.8. The summed E-state index contributed by atoms with van der Waals surface area (Å²) in [6.07, 6.45) is -4.38. The molecule has 6 heteroatoms. The average Bonchev–Trinajstić information content (AvgIpc) is 2.14. The van der Waals surface area contributed by atoms with E-state index in [1.807, 2.05) is 0 Å². The van der Waals surface area contributed by atoms with E-state index in [0.29, 0.717) is 11.6 Å². The van der Waals surface area contributed by atoms with Gasteiger partial charge in [0.2, 0.25) is 0 Å². The van der Waals surface area contributed by atoms with Gasteiger partial charge in [0.15, 0.2) is 0 Å². The van der Waals surface area contributed by atoms with Crippen molar-refractivity contribution in [2.75, 3.05) is 0 Å². The summed E-state index contributed by atoms with van der Waals surface area (Å²) in [6, 6.07) is 1.69. The van der Waals surface area contributed by atoms with Crippen LogP contribution in [0.5, 0.6) is 0 Å². The van der Waals surface area contributed by atoms with Crippen molar-refractivity contribution >= 4 is 12.4 Å². The quantitative estimate of drug-likeness (QED) is 0.652. The molecular formula is C12H14ClF4N. The Bertz CT molecular complexity index is 429. The third-order valence-corrected chi connectivity index (χ3v) is 2.29. The van der Waals surface area contributed by atoms with Gasteiger partial charge >= 0.3 is 6.18 Å². The second kappa shape index (κ2) is 6.20. The van der Waals surface area contributed by atoms with Gasteiger partial charge in [-0.25, -0.2) is 4.39 Å². The molecule has 0 unspecified atom stereocenters.